The number of hydrogen-bond donors (Lipinski definition) is 0. The molecule has 1 aromatic carbocycles. The highest BCUT2D eigenvalue weighted by atomic mass is 35.5. The molecule has 2 aliphatic heterocycles. The van der Waals surface area contributed by atoms with Gasteiger partial charge < -0.3 is 9.80 Å². The predicted octanol–water partition coefficient (Wildman–Crippen LogP) is 2.90. The summed E-state index contributed by atoms with van der Waals surface area (Å²) in [5.74, 6) is 2.73. The number of piperidine rings is 1. The van der Waals surface area contributed by atoms with Crippen molar-refractivity contribution in [3.8, 4) is 11.8 Å². The number of amides is 1. The fraction of sp³-hybridized carbons (Fsp3) is 0.462. The van der Waals surface area contributed by atoms with E-state index in [4.69, 9.17) is 16.7 Å². The van der Waals surface area contributed by atoms with Crippen LogP contribution in [0, 0.1) is 11.3 Å². The van der Waals surface area contributed by atoms with Gasteiger partial charge in [-0.1, -0.05) is 11.6 Å². The lowest BCUT2D eigenvalue weighted by molar-refractivity contribution is -0.136. The molecule has 1 amide bonds. The quantitative estimate of drug-likeness (QED) is 0.520. The first-order valence-corrected chi connectivity index (χ1v) is 13.0. The van der Waals surface area contributed by atoms with E-state index < -0.39 is 5.54 Å². The molecule has 3 aromatic rings. The van der Waals surface area contributed by atoms with Gasteiger partial charge in [-0.15, -0.1) is 10.2 Å². The third kappa shape index (κ3) is 4.12. The highest BCUT2D eigenvalue weighted by Crippen LogP contribution is 2.46. The third-order valence-electron chi connectivity index (χ3n) is 7.76. The molecule has 10 nitrogen and oxygen atoms in total. The summed E-state index contributed by atoms with van der Waals surface area (Å²) < 4.78 is 2.19. The lowest BCUT2D eigenvalue weighted by Crippen LogP contribution is -2.48. The van der Waals surface area contributed by atoms with Gasteiger partial charge in [0.1, 0.15) is 23.1 Å². The summed E-state index contributed by atoms with van der Waals surface area (Å²) in [6.07, 6.45) is 5.05. The van der Waals surface area contributed by atoms with Gasteiger partial charge in [0.25, 0.3) is 0 Å². The van der Waals surface area contributed by atoms with Gasteiger partial charge in [0, 0.05) is 50.9 Å². The number of aromatic nitrogens is 5. The highest BCUT2D eigenvalue weighted by Gasteiger charge is 2.56. The van der Waals surface area contributed by atoms with Crippen LogP contribution < -0.4 is 4.90 Å². The van der Waals surface area contributed by atoms with Gasteiger partial charge in [-0.3, -0.25) is 14.3 Å². The molecule has 0 unspecified atom stereocenters. The Morgan fingerprint density at radius 1 is 1.16 bits per heavy atom. The fourth-order valence-corrected chi connectivity index (χ4v) is 5.89. The van der Waals surface area contributed by atoms with Crippen LogP contribution in [0.3, 0.4) is 0 Å². The summed E-state index contributed by atoms with van der Waals surface area (Å²) in [5.41, 5.74) is 1.98. The van der Waals surface area contributed by atoms with Crippen LogP contribution in [-0.4, -0.2) is 73.2 Å². The first kappa shape index (κ1) is 23.8. The number of rotatable bonds is 4. The van der Waals surface area contributed by atoms with Gasteiger partial charge in [-0.05, 0) is 55.5 Å². The van der Waals surface area contributed by atoms with Gasteiger partial charge in [0.2, 0.25) is 11.9 Å². The molecule has 1 aliphatic carbocycles. The monoisotopic (exact) mass is 517 g/mol. The number of halogens is 1. The molecule has 0 bridgehead atoms. The van der Waals surface area contributed by atoms with E-state index in [-0.39, 0.29) is 11.8 Å². The second-order valence-electron chi connectivity index (χ2n) is 10.3. The number of benzene rings is 1. The largest absolute Gasteiger partial charge is 0.347 e. The number of hydrogen-bond acceptors (Lipinski definition) is 8. The molecule has 6 rings (SSSR count). The lowest BCUT2D eigenvalue weighted by atomic mass is 9.95. The Hall–Kier alpha value is -3.55. The molecule has 11 heteroatoms. The Morgan fingerprint density at radius 2 is 1.95 bits per heavy atom. The van der Waals surface area contributed by atoms with E-state index in [9.17, 15) is 10.1 Å². The number of nitriles is 1. The number of anilines is 1. The molecule has 2 fully saturated rings. The zero-order valence-corrected chi connectivity index (χ0v) is 21.7. The van der Waals surface area contributed by atoms with Gasteiger partial charge in [0.15, 0.2) is 5.82 Å². The van der Waals surface area contributed by atoms with E-state index in [2.05, 4.69) is 35.5 Å². The molecule has 1 saturated heterocycles. The zero-order chi connectivity index (χ0) is 25.7. The summed E-state index contributed by atoms with van der Waals surface area (Å²) in [7, 11) is 3.64. The number of carbonyl (C=O) groups is 1. The van der Waals surface area contributed by atoms with Crippen molar-refractivity contribution < 1.29 is 4.79 Å². The Bertz CT molecular complexity index is 1400. The summed E-state index contributed by atoms with van der Waals surface area (Å²) in [6, 6.07) is 9.65. The average molecular weight is 518 g/mol. The van der Waals surface area contributed by atoms with Gasteiger partial charge >= 0.3 is 0 Å². The SMILES string of the molecule is CN(C)C(=O)C1(N2Cc3cc(Cl)ccc3-n3c(nnc3C3CCN(c4nccc(C#N)n4)CC3)C2)CC1. The number of carbonyl (C=O) groups excluding carboxylic acids is 1. The summed E-state index contributed by atoms with van der Waals surface area (Å²) in [5, 5.41) is 19.2. The van der Waals surface area contributed by atoms with Crippen molar-refractivity contribution in [3.63, 3.8) is 0 Å². The molecule has 0 N–H and O–H groups in total. The molecule has 0 atom stereocenters. The first-order chi connectivity index (χ1) is 17.9. The maximum atomic E-state index is 13.2. The summed E-state index contributed by atoms with van der Waals surface area (Å²) in [4.78, 5) is 27.9. The molecule has 0 spiro atoms. The van der Waals surface area contributed by atoms with E-state index in [1.165, 1.54) is 0 Å². The van der Waals surface area contributed by atoms with E-state index in [0.717, 1.165) is 61.7 Å². The normalized spacial score (nSPS) is 18.9. The maximum absolute atomic E-state index is 13.2. The molecule has 1 saturated carbocycles. The van der Waals surface area contributed by atoms with Crippen LogP contribution in [0.2, 0.25) is 5.02 Å². The number of likely N-dealkylation sites (N-methyl/N-ethyl adjacent to an activating group) is 1. The van der Waals surface area contributed by atoms with Crippen molar-refractivity contribution in [3.05, 3.63) is 58.4 Å². The van der Waals surface area contributed by atoms with Gasteiger partial charge in [-0.25, -0.2) is 9.97 Å². The molecule has 0 radical (unpaired) electrons. The molecular weight excluding hydrogens is 490 g/mol. The molecule has 2 aromatic heterocycles. The zero-order valence-electron chi connectivity index (χ0n) is 20.9. The van der Waals surface area contributed by atoms with Gasteiger partial charge in [0.05, 0.1) is 12.2 Å². The van der Waals surface area contributed by atoms with Crippen LogP contribution in [0.15, 0.2) is 30.5 Å². The molecule has 190 valence electrons. The fourth-order valence-electron chi connectivity index (χ4n) is 5.69. The Morgan fingerprint density at radius 3 is 2.65 bits per heavy atom. The summed E-state index contributed by atoms with van der Waals surface area (Å²) in [6.45, 7) is 2.71. The standard InChI is InChI=1S/C26H28ClN9O/c1-33(2)24(37)26(8-9-26)35-15-18-13-19(27)3-4-21(18)36-22(16-35)31-32-23(36)17-6-11-34(12-7-17)25-29-10-5-20(14-28)30-25/h3-5,10,13,17H,6-9,11-12,15-16H2,1-2H3. The number of fused-ring (bicyclic) bond motifs is 3. The molecule has 3 aliphatic rings. The average Bonchev–Trinajstić information content (AvgIpc) is 3.65. The van der Waals surface area contributed by atoms with Crippen LogP contribution in [0.1, 0.15) is 54.5 Å². The van der Waals surface area contributed by atoms with Crippen LogP contribution in [0.4, 0.5) is 5.95 Å². The third-order valence-corrected chi connectivity index (χ3v) is 8.00. The topological polar surface area (TPSA) is 107 Å². The lowest BCUT2D eigenvalue weighted by Gasteiger charge is -2.31. The van der Waals surface area contributed by atoms with E-state index in [0.29, 0.717) is 29.8 Å². The van der Waals surface area contributed by atoms with Crippen molar-refractivity contribution in [1.29, 1.82) is 5.26 Å². The van der Waals surface area contributed by atoms with Crippen LogP contribution in [0.25, 0.3) is 5.69 Å². The van der Waals surface area contributed by atoms with Crippen molar-refractivity contribution in [1.82, 2.24) is 34.5 Å². The highest BCUT2D eigenvalue weighted by molar-refractivity contribution is 6.30. The predicted molar refractivity (Wildman–Crippen MR) is 137 cm³/mol. The summed E-state index contributed by atoms with van der Waals surface area (Å²) >= 11 is 6.43. The Labute approximate surface area is 220 Å². The minimum Gasteiger partial charge on any atom is -0.347 e. The maximum Gasteiger partial charge on any atom is 0.242 e. The van der Waals surface area contributed by atoms with Crippen LogP contribution >= 0.6 is 11.6 Å². The second-order valence-corrected chi connectivity index (χ2v) is 10.7. The van der Waals surface area contributed by atoms with Gasteiger partial charge in [-0.2, -0.15) is 5.26 Å². The molecular formula is C26H28ClN9O. The Kier molecular flexibility index (Phi) is 5.85. The van der Waals surface area contributed by atoms with E-state index in [1.54, 1.807) is 17.2 Å². The number of nitrogens with zero attached hydrogens (tertiary/aromatic N) is 9. The van der Waals surface area contributed by atoms with Crippen molar-refractivity contribution >= 4 is 23.5 Å². The van der Waals surface area contributed by atoms with E-state index >= 15 is 0 Å². The van der Waals surface area contributed by atoms with Crippen LogP contribution in [-0.2, 0) is 17.9 Å². The minimum atomic E-state index is -0.492. The Balaban J connectivity index is 1.31. The van der Waals surface area contributed by atoms with E-state index in [1.807, 2.05) is 32.3 Å². The van der Waals surface area contributed by atoms with Crippen molar-refractivity contribution in [2.24, 2.45) is 0 Å². The van der Waals surface area contributed by atoms with Crippen molar-refractivity contribution in [2.45, 2.75) is 50.2 Å². The smallest absolute Gasteiger partial charge is 0.242 e. The molecule has 4 heterocycles. The second kappa shape index (κ2) is 9.08. The van der Waals surface area contributed by atoms with Crippen molar-refractivity contribution in [2.75, 3.05) is 32.1 Å². The van der Waals surface area contributed by atoms with Crippen LogP contribution in [0.5, 0.6) is 0 Å². The minimum absolute atomic E-state index is 0.138. The first-order valence-electron chi connectivity index (χ1n) is 12.6. The molecule has 37 heavy (non-hydrogen) atoms.